The van der Waals surface area contributed by atoms with Gasteiger partial charge in [0.15, 0.2) is 5.82 Å². The molecule has 1 saturated heterocycles. The number of hydrogen-bond donors (Lipinski definition) is 3. The predicted octanol–water partition coefficient (Wildman–Crippen LogP) is 1.08. The van der Waals surface area contributed by atoms with Gasteiger partial charge in [-0.1, -0.05) is 11.6 Å². The van der Waals surface area contributed by atoms with Crippen LogP contribution in [-0.2, 0) is 0 Å². The second kappa shape index (κ2) is 6.82. The molecule has 3 rings (SSSR count). The van der Waals surface area contributed by atoms with Crippen molar-refractivity contribution in [2.75, 3.05) is 30.3 Å². The lowest BCUT2D eigenvalue weighted by molar-refractivity contribution is 0.0940. The Labute approximate surface area is 138 Å². The molecule has 9 heteroatoms. The Morgan fingerprint density at radius 1 is 1.48 bits per heavy atom. The van der Waals surface area contributed by atoms with Gasteiger partial charge >= 0.3 is 0 Å². The Bertz CT molecular complexity index is 675. The standard InChI is InChI=1S/C14H18ClN7O/c15-10-11(20-21-12(10)16)13(23)19-7-9-3-1-6-22(8-9)14-17-4-2-5-18-14/h2,4-5,9H,1,3,6-8H2,(H,19,23)(H3,16,20,21). The number of carbonyl (C=O) groups excluding carboxylic acids is 1. The van der Waals surface area contributed by atoms with E-state index in [2.05, 4.69) is 30.4 Å². The fourth-order valence-electron chi connectivity index (χ4n) is 2.69. The molecule has 0 bridgehead atoms. The van der Waals surface area contributed by atoms with Gasteiger partial charge in [-0.05, 0) is 24.8 Å². The minimum absolute atomic E-state index is 0.127. The molecule has 2 aromatic heterocycles. The Hall–Kier alpha value is -2.35. The second-order valence-corrected chi connectivity index (χ2v) is 5.89. The Balaban J connectivity index is 1.56. The smallest absolute Gasteiger partial charge is 0.270 e. The van der Waals surface area contributed by atoms with E-state index in [1.807, 2.05) is 0 Å². The molecular formula is C14H18ClN7O. The number of nitrogens with one attached hydrogen (secondary N) is 2. The van der Waals surface area contributed by atoms with Crippen LogP contribution >= 0.6 is 11.6 Å². The molecule has 1 atom stereocenters. The minimum atomic E-state index is -0.299. The largest absolute Gasteiger partial charge is 0.381 e. The van der Waals surface area contributed by atoms with Crippen LogP contribution in [0.3, 0.4) is 0 Å². The molecule has 1 fully saturated rings. The summed E-state index contributed by atoms with van der Waals surface area (Å²) in [5.41, 5.74) is 5.72. The van der Waals surface area contributed by atoms with Crippen molar-refractivity contribution in [1.82, 2.24) is 25.5 Å². The first-order valence-corrected chi connectivity index (χ1v) is 7.82. The van der Waals surface area contributed by atoms with Crippen LogP contribution in [0.25, 0.3) is 0 Å². The van der Waals surface area contributed by atoms with Crippen molar-refractivity contribution in [3.8, 4) is 0 Å². The number of nitrogens with zero attached hydrogens (tertiary/aromatic N) is 4. The van der Waals surface area contributed by atoms with Gasteiger partial charge in [-0.2, -0.15) is 5.10 Å². The molecule has 1 aliphatic rings. The highest BCUT2D eigenvalue weighted by Crippen LogP contribution is 2.21. The van der Waals surface area contributed by atoms with Crippen LogP contribution in [0.15, 0.2) is 18.5 Å². The molecule has 0 radical (unpaired) electrons. The number of nitrogen functional groups attached to an aromatic ring is 1. The second-order valence-electron chi connectivity index (χ2n) is 5.51. The SMILES string of the molecule is Nc1n[nH]c(C(=O)NCC2CCCN(c3ncccn3)C2)c1Cl. The lowest BCUT2D eigenvalue weighted by Crippen LogP contribution is -2.41. The molecule has 23 heavy (non-hydrogen) atoms. The maximum Gasteiger partial charge on any atom is 0.270 e. The van der Waals surface area contributed by atoms with E-state index in [0.29, 0.717) is 12.5 Å². The molecule has 0 aromatic carbocycles. The van der Waals surface area contributed by atoms with E-state index in [0.717, 1.165) is 31.9 Å². The molecule has 0 spiro atoms. The van der Waals surface area contributed by atoms with Crippen LogP contribution in [0.1, 0.15) is 23.3 Å². The molecule has 0 aliphatic carbocycles. The minimum Gasteiger partial charge on any atom is -0.381 e. The summed E-state index contributed by atoms with van der Waals surface area (Å²) in [6.45, 7) is 2.29. The topological polar surface area (TPSA) is 113 Å². The van der Waals surface area contributed by atoms with Crippen LogP contribution in [0, 0.1) is 5.92 Å². The summed E-state index contributed by atoms with van der Waals surface area (Å²) in [6.07, 6.45) is 5.55. The van der Waals surface area contributed by atoms with Crippen molar-refractivity contribution in [3.05, 3.63) is 29.2 Å². The normalized spacial score (nSPS) is 18.0. The van der Waals surface area contributed by atoms with E-state index in [-0.39, 0.29) is 22.4 Å². The maximum absolute atomic E-state index is 12.1. The lowest BCUT2D eigenvalue weighted by Gasteiger charge is -2.32. The van der Waals surface area contributed by atoms with Crippen LogP contribution in [0.4, 0.5) is 11.8 Å². The Morgan fingerprint density at radius 3 is 2.96 bits per heavy atom. The third-order valence-electron chi connectivity index (χ3n) is 3.86. The molecule has 2 aromatic rings. The number of hydrogen-bond acceptors (Lipinski definition) is 6. The zero-order valence-electron chi connectivity index (χ0n) is 12.5. The number of aromatic nitrogens is 4. The van der Waals surface area contributed by atoms with Crippen LogP contribution < -0.4 is 16.0 Å². The molecule has 4 N–H and O–H groups in total. The van der Waals surface area contributed by atoms with Crippen LogP contribution in [0.2, 0.25) is 5.02 Å². The summed E-state index contributed by atoms with van der Waals surface area (Å²) in [5, 5.41) is 9.30. The molecule has 0 saturated carbocycles. The zero-order valence-corrected chi connectivity index (χ0v) is 13.3. The number of H-pyrrole nitrogens is 1. The van der Waals surface area contributed by atoms with Crippen LogP contribution in [-0.4, -0.2) is 45.7 Å². The van der Waals surface area contributed by atoms with Crippen molar-refractivity contribution in [2.45, 2.75) is 12.8 Å². The van der Waals surface area contributed by atoms with Gasteiger partial charge in [0.25, 0.3) is 5.91 Å². The number of anilines is 2. The average Bonchev–Trinajstić information content (AvgIpc) is 2.93. The fraction of sp³-hybridized carbons (Fsp3) is 0.429. The third-order valence-corrected chi connectivity index (χ3v) is 4.25. The average molecular weight is 336 g/mol. The summed E-state index contributed by atoms with van der Waals surface area (Å²) in [6, 6.07) is 1.80. The number of amides is 1. The van der Waals surface area contributed by atoms with Gasteiger partial charge in [-0.3, -0.25) is 9.89 Å². The molecule has 3 heterocycles. The van der Waals surface area contributed by atoms with Crippen molar-refractivity contribution < 1.29 is 4.79 Å². The predicted molar refractivity (Wildman–Crippen MR) is 87.3 cm³/mol. The number of nitrogens with two attached hydrogens (primary N) is 1. The zero-order chi connectivity index (χ0) is 16.2. The van der Waals surface area contributed by atoms with Gasteiger partial charge in [0, 0.05) is 32.0 Å². The first kappa shape index (κ1) is 15.5. The lowest BCUT2D eigenvalue weighted by atomic mass is 9.98. The summed E-state index contributed by atoms with van der Waals surface area (Å²) in [7, 11) is 0. The summed E-state index contributed by atoms with van der Waals surface area (Å²) in [4.78, 5) is 22.8. The van der Waals surface area contributed by atoms with Crippen molar-refractivity contribution in [2.24, 2.45) is 5.92 Å². The van der Waals surface area contributed by atoms with Gasteiger partial charge in [0.1, 0.15) is 10.7 Å². The number of aromatic amines is 1. The Kier molecular flexibility index (Phi) is 4.61. The summed E-state index contributed by atoms with van der Waals surface area (Å²) >= 11 is 5.92. The number of piperidine rings is 1. The quantitative estimate of drug-likeness (QED) is 0.770. The molecule has 1 amide bonds. The van der Waals surface area contributed by atoms with Gasteiger partial charge in [0.2, 0.25) is 5.95 Å². The maximum atomic E-state index is 12.1. The Morgan fingerprint density at radius 2 is 2.26 bits per heavy atom. The first-order chi connectivity index (χ1) is 11.1. The van der Waals surface area contributed by atoms with E-state index in [4.69, 9.17) is 17.3 Å². The fourth-order valence-corrected chi connectivity index (χ4v) is 2.86. The molecular weight excluding hydrogens is 318 g/mol. The van der Waals surface area contributed by atoms with E-state index < -0.39 is 0 Å². The highest BCUT2D eigenvalue weighted by molar-refractivity contribution is 6.35. The van der Waals surface area contributed by atoms with Crippen molar-refractivity contribution in [3.63, 3.8) is 0 Å². The van der Waals surface area contributed by atoms with E-state index >= 15 is 0 Å². The van der Waals surface area contributed by atoms with E-state index in [1.54, 1.807) is 18.5 Å². The van der Waals surface area contributed by atoms with Crippen molar-refractivity contribution >= 4 is 29.3 Å². The van der Waals surface area contributed by atoms with E-state index in [1.165, 1.54) is 0 Å². The van der Waals surface area contributed by atoms with Gasteiger partial charge in [-0.25, -0.2) is 9.97 Å². The van der Waals surface area contributed by atoms with Crippen molar-refractivity contribution in [1.29, 1.82) is 0 Å². The monoisotopic (exact) mass is 335 g/mol. The van der Waals surface area contributed by atoms with E-state index in [9.17, 15) is 4.79 Å². The van der Waals surface area contributed by atoms with Gasteiger partial charge in [-0.15, -0.1) is 0 Å². The molecule has 1 aliphatic heterocycles. The summed E-state index contributed by atoms with van der Waals surface area (Å²) < 4.78 is 0. The first-order valence-electron chi connectivity index (χ1n) is 7.44. The number of halogens is 1. The van der Waals surface area contributed by atoms with Crippen LogP contribution in [0.5, 0.6) is 0 Å². The third kappa shape index (κ3) is 3.53. The molecule has 1 unspecified atom stereocenters. The highest BCUT2D eigenvalue weighted by Gasteiger charge is 2.23. The number of rotatable bonds is 4. The molecule has 122 valence electrons. The number of carbonyl (C=O) groups is 1. The molecule has 8 nitrogen and oxygen atoms in total. The highest BCUT2D eigenvalue weighted by atomic mass is 35.5. The van der Waals surface area contributed by atoms with Gasteiger partial charge < -0.3 is 16.0 Å². The van der Waals surface area contributed by atoms with Gasteiger partial charge in [0.05, 0.1) is 0 Å². The summed E-state index contributed by atoms with van der Waals surface area (Å²) in [5.74, 6) is 0.887.